The number of nitrogens with zero attached hydrogens (tertiary/aromatic N) is 2. The van der Waals surface area contributed by atoms with Crippen LogP contribution in [0.1, 0.15) is 32.1 Å². The number of pyridine rings is 1. The molecule has 1 aromatic heterocycles. The Kier molecular flexibility index (Phi) is 8.18. The molecule has 8 heteroatoms. The van der Waals surface area contributed by atoms with Gasteiger partial charge < -0.3 is 16.0 Å². The number of primary amides is 1. The fourth-order valence-corrected chi connectivity index (χ4v) is 2.45. The molecule has 0 atom stereocenters. The van der Waals surface area contributed by atoms with E-state index in [1.165, 1.54) is 37.6 Å². The van der Waals surface area contributed by atoms with E-state index in [1.807, 2.05) is 14.1 Å². The molecule has 3 amide bonds. The van der Waals surface area contributed by atoms with E-state index in [-0.39, 0.29) is 5.82 Å². The Bertz CT molecular complexity index is 569. The molecular formula is C16H23ClN4O3. The van der Waals surface area contributed by atoms with Gasteiger partial charge in [-0.2, -0.15) is 0 Å². The van der Waals surface area contributed by atoms with Crippen molar-refractivity contribution in [3.63, 3.8) is 0 Å². The van der Waals surface area contributed by atoms with Crippen LogP contribution in [-0.4, -0.2) is 41.7 Å². The van der Waals surface area contributed by atoms with Gasteiger partial charge in [0.25, 0.3) is 0 Å². The lowest BCUT2D eigenvalue weighted by Gasteiger charge is -2.23. The molecule has 1 saturated carbocycles. The minimum absolute atomic E-state index is 0.230. The normalized spacial score (nSPS) is 14.1. The van der Waals surface area contributed by atoms with Crippen LogP contribution in [0.15, 0.2) is 18.3 Å². The highest BCUT2D eigenvalue weighted by atomic mass is 35.5. The van der Waals surface area contributed by atoms with Gasteiger partial charge >= 0.3 is 11.8 Å². The first-order chi connectivity index (χ1) is 11.3. The molecule has 1 aliphatic rings. The number of amides is 3. The zero-order valence-electron chi connectivity index (χ0n) is 13.9. The van der Waals surface area contributed by atoms with Gasteiger partial charge in [0, 0.05) is 26.2 Å². The second kappa shape index (κ2) is 9.87. The van der Waals surface area contributed by atoms with Crippen LogP contribution in [-0.2, 0) is 14.4 Å². The Morgan fingerprint density at radius 2 is 1.83 bits per heavy atom. The first kappa shape index (κ1) is 19.9. The van der Waals surface area contributed by atoms with E-state index >= 15 is 0 Å². The number of rotatable bonds is 2. The molecule has 0 aliphatic heterocycles. The van der Waals surface area contributed by atoms with Crippen LogP contribution in [0.4, 0.5) is 5.82 Å². The Balaban J connectivity index is 0.000000243. The highest BCUT2D eigenvalue weighted by Gasteiger charge is 2.21. The van der Waals surface area contributed by atoms with Crippen LogP contribution >= 0.6 is 11.6 Å². The van der Waals surface area contributed by atoms with Gasteiger partial charge in [0.05, 0.1) is 5.02 Å². The molecule has 132 valence electrons. The quantitative estimate of drug-likeness (QED) is 0.790. The monoisotopic (exact) mass is 354 g/mol. The second-order valence-electron chi connectivity index (χ2n) is 5.75. The molecule has 7 nitrogen and oxygen atoms in total. The van der Waals surface area contributed by atoms with E-state index in [2.05, 4.69) is 10.3 Å². The van der Waals surface area contributed by atoms with Gasteiger partial charge in [-0.15, -0.1) is 0 Å². The predicted molar refractivity (Wildman–Crippen MR) is 92.3 cm³/mol. The van der Waals surface area contributed by atoms with Crippen molar-refractivity contribution in [2.45, 2.75) is 32.1 Å². The van der Waals surface area contributed by atoms with E-state index in [0.717, 1.165) is 12.8 Å². The van der Waals surface area contributed by atoms with Crippen molar-refractivity contribution in [3.8, 4) is 0 Å². The summed E-state index contributed by atoms with van der Waals surface area (Å²) in [7, 11) is 3.69. The van der Waals surface area contributed by atoms with Gasteiger partial charge in [-0.1, -0.05) is 30.9 Å². The first-order valence-corrected chi connectivity index (χ1v) is 8.12. The summed E-state index contributed by atoms with van der Waals surface area (Å²) in [6, 6.07) is 2.99. The molecular weight excluding hydrogens is 332 g/mol. The maximum atomic E-state index is 11.4. The third kappa shape index (κ3) is 6.95. The summed E-state index contributed by atoms with van der Waals surface area (Å²) < 4.78 is 0. The van der Waals surface area contributed by atoms with Crippen LogP contribution in [0, 0.1) is 5.92 Å². The molecule has 0 radical (unpaired) electrons. The number of aromatic nitrogens is 1. The Morgan fingerprint density at radius 3 is 2.29 bits per heavy atom. The molecule has 24 heavy (non-hydrogen) atoms. The predicted octanol–water partition coefficient (Wildman–Crippen LogP) is 1.81. The minimum atomic E-state index is -1.06. The summed E-state index contributed by atoms with van der Waals surface area (Å²) in [5, 5.41) is 2.63. The lowest BCUT2D eigenvalue weighted by atomic mass is 9.88. The highest BCUT2D eigenvalue weighted by molar-refractivity contribution is 6.39. The SMILES string of the molecule is CN(C)C(=O)C1CCCCC1.NC(=O)C(=O)Nc1ccc(Cl)cn1. The molecule has 0 unspecified atom stereocenters. The molecule has 1 aliphatic carbocycles. The molecule has 0 saturated heterocycles. The molecule has 1 aromatic rings. The fourth-order valence-electron chi connectivity index (χ4n) is 2.34. The zero-order chi connectivity index (χ0) is 18.1. The number of anilines is 1. The minimum Gasteiger partial charge on any atom is -0.361 e. The molecule has 0 bridgehead atoms. The van der Waals surface area contributed by atoms with Gasteiger partial charge in [0.1, 0.15) is 5.82 Å². The standard InChI is InChI=1S/C9H17NO.C7H6ClN3O2/c1-10(2)9(11)8-6-4-3-5-7-8;8-4-1-2-5(10-3-4)11-7(13)6(9)12/h8H,3-7H2,1-2H3;1-3H,(H2,9,12)(H,10,11,13). The van der Waals surface area contributed by atoms with Crippen LogP contribution in [0.25, 0.3) is 0 Å². The van der Waals surface area contributed by atoms with Crippen molar-refractivity contribution < 1.29 is 14.4 Å². The summed E-state index contributed by atoms with van der Waals surface area (Å²) in [5.74, 6) is -1.08. The second-order valence-corrected chi connectivity index (χ2v) is 6.18. The van der Waals surface area contributed by atoms with E-state index in [1.54, 1.807) is 4.90 Å². The van der Waals surface area contributed by atoms with E-state index in [9.17, 15) is 14.4 Å². The Morgan fingerprint density at radius 1 is 1.21 bits per heavy atom. The molecule has 0 aromatic carbocycles. The molecule has 1 heterocycles. The number of carbonyl (C=O) groups is 3. The van der Waals surface area contributed by atoms with Crippen molar-refractivity contribution >= 4 is 35.1 Å². The smallest absolute Gasteiger partial charge is 0.314 e. The number of hydrogen-bond acceptors (Lipinski definition) is 4. The number of hydrogen-bond donors (Lipinski definition) is 2. The molecule has 3 N–H and O–H groups in total. The van der Waals surface area contributed by atoms with Crippen LogP contribution in [0.5, 0.6) is 0 Å². The van der Waals surface area contributed by atoms with E-state index < -0.39 is 11.8 Å². The maximum Gasteiger partial charge on any atom is 0.314 e. The van der Waals surface area contributed by atoms with Crippen molar-refractivity contribution in [2.24, 2.45) is 11.7 Å². The van der Waals surface area contributed by atoms with Gasteiger partial charge in [-0.05, 0) is 25.0 Å². The zero-order valence-corrected chi connectivity index (χ0v) is 14.7. The van der Waals surface area contributed by atoms with E-state index in [4.69, 9.17) is 17.3 Å². The number of carbonyl (C=O) groups excluding carboxylic acids is 3. The lowest BCUT2D eigenvalue weighted by molar-refractivity contribution is -0.134. The maximum absolute atomic E-state index is 11.4. The van der Waals surface area contributed by atoms with E-state index in [0.29, 0.717) is 16.8 Å². The van der Waals surface area contributed by atoms with Gasteiger partial charge in [-0.3, -0.25) is 14.4 Å². The third-order valence-electron chi connectivity index (χ3n) is 3.59. The van der Waals surface area contributed by atoms with Gasteiger partial charge in [0.2, 0.25) is 5.91 Å². The van der Waals surface area contributed by atoms with Crippen molar-refractivity contribution in [1.29, 1.82) is 0 Å². The van der Waals surface area contributed by atoms with Gasteiger partial charge in [-0.25, -0.2) is 4.98 Å². The van der Waals surface area contributed by atoms with Crippen LogP contribution in [0.3, 0.4) is 0 Å². The summed E-state index contributed by atoms with van der Waals surface area (Å²) in [5.41, 5.74) is 4.71. The molecule has 2 rings (SSSR count). The number of nitrogens with two attached hydrogens (primary N) is 1. The fraction of sp³-hybridized carbons (Fsp3) is 0.500. The first-order valence-electron chi connectivity index (χ1n) is 7.74. The Hall–Kier alpha value is -2.15. The molecule has 0 spiro atoms. The van der Waals surface area contributed by atoms with Crippen molar-refractivity contribution in [2.75, 3.05) is 19.4 Å². The van der Waals surface area contributed by atoms with Crippen LogP contribution < -0.4 is 11.1 Å². The lowest BCUT2D eigenvalue weighted by Crippen LogP contribution is -2.30. The average molecular weight is 355 g/mol. The topological polar surface area (TPSA) is 105 Å². The largest absolute Gasteiger partial charge is 0.361 e. The van der Waals surface area contributed by atoms with Crippen LogP contribution in [0.2, 0.25) is 5.02 Å². The number of nitrogens with one attached hydrogen (secondary N) is 1. The summed E-state index contributed by atoms with van der Waals surface area (Å²) in [6.07, 6.45) is 7.36. The van der Waals surface area contributed by atoms with Crippen molar-refractivity contribution in [1.82, 2.24) is 9.88 Å². The summed E-state index contributed by atoms with van der Waals surface area (Å²) in [6.45, 7) is 0. The molecule has 1 fully saturated rings. The van der Waals surface area contributed by atoms with Crippen molar-refractivity contribution in [3.05, 3.63) is 23.4 Å². The summed E-state index contributed by atoms with van der Waals surface area (Å²) >= 11 is 5.54. The highest BCUT2D eigenvalue weighted by Crippen LogP contribution is 2.24. The third-order valence-corrected chi connectivity index (χ3v) is 3.81. The number of halogens is 1. The average Bonchev–Trinajstić information content (AvgIpc) is 2.57. The van der Waals surface area contributed by atoms with Gasteiger partial charge in [0.15, 0.2) is 0 Å². The Labute approximate surface area is 146 Å². The summed E-state index contributed by atoms with van der Waals surface area (Å²) in [4.78, 5) is 37.9.